The smallest absolute Gasteiger partial charge is 0.308 e. The lowest BCUT2D eigenvalue weighted by Crippen LogP contribution is -2.14. The number of carbonyl (C=O) groups excluding carboxylic acids is 1. The van der Waals surface area contributed by atoms with Gasteiger partial charge in [-0.1, -0.05) is 43.7 Å². The summed E-state index contributed by atoms with van der Waals surface area (Å²) in [6.45, 7) is 10.1. The molecule has 0 aliphatic carbocycles. The molecule has 174 valence electrons. The van der Waals surface area contributed by atoms with Crippen molar-refractivity contribution in [1.29, 1.82) is 0 Å². The quantitative estimate of drug-likeness (QED) is 0.279. The minimum Gasteiger partial charge on any atom is -0.497 e. The maximum absolute atomic E-state index is 12.6. The zero-order chi connectivity index (χ0) is 24.0. The van der Waals surface area contributed by atoms with E-state index in [0.717, 1.165) is 29.7 Å². The van der Waals surface area contributed by atoms with Gasteiger partial charge in [0.1, 0.15) is 17.6 Å². The van der Waals surface area contributed by atoms with Crippen molar-refractivity contribution in [3.8, 4) is 11.4 Å². The summed E-state index contributed by atoms with van der Waals surface area (Å²) in [5.41, 5.74) is 3.06. The molecule has 0 bridgehead atoms. The zero-order valence-corrected chi connectivity index (χ0v) is 20.2. The third-order valence-corrected chi connectivity index (χ3v) is 5.37. The van der Waals surface area contributed by atoms with Crippen molar-refractivity contribution in [2.45, 2.75) is 46.1 Å². The summed E-state index contributed by atoms with van der Waals surface area (Å²) in [7, 11) is 1.61. The van der Waals surface area contributed by atoms with E-state index in [2.05, 4.69) is 16.8 Å². The van der Waals surface area contributed by atoms with Gasteiger partial charge in [0.2, 0.25) is 0 Å². The summed E-state index contributed by atoms with van der Waals surface area (Å²) in [5, 5.41) is 9.26. The molecule has 8 heteroatoms. The highest BCUT2D eigenvalue weighted by Crippen LogP contribution is 2.34. The molecule has 3 rings (SSSR count). The Hall–Kier alpha value is -3.19. The van der Waals surface area contributed by atoms with Crippen LogP contribution in [-0.4, -0.2) is 40.2 Å². The molecule has 0 radical (unpaired) electrons. The highest BCUT2D eigenvalue weighted by Gasteiger charge is 2.30. The largest absolute Gasteiger partial charge is 0.497 e. The number of fused-ring (bicyclic) bond motifs is 3. The molecule has 2 aromatic rings. The molecule has 1 aromatic heterocycles. The van der Waals surface area contributed by atoms with Gasteiger partial charge in [0, 0.05) is 10.6 Å². The van der Waals surface area contributed by atoms with Crippen molar-refractivity contribution in [2.24, 2.45) is 4.99 Å². The van der Waals surface area contributed by atoms with E-state index in [4.69, 9.17) is 26.1 Å². The summed E-state index contributed by atoms with van der Waals surface area (Å²) in [6, 6.07) is 5.14. The van der Waals surface area contributed by atoms with Gasteiger partial charge < -0.3 is 9.47 Å². The van der Waals surface area contributed by atoms with Gasteiger partial charge in [-0.3, -0.25) is 14.4 Å². The fourth-order valence-electron chi connectivity index (χ4n) is 3.56. The number of methoxy groups -OCH3 is 1. The fraction of sp³-hybridized carbons (Fsp3) is 0.360. The number of aromatic nitrogens is 3. The third-order valence-electron chi connectivity index (χ3n) is 5.24. The third kappa shape index (κ3) is 5.60. The fourth-order valence-corrected chi connectivity index (χ4v) is 3.63. The first kappa shape index (κ1) is 24.5. The number of hydrogen-bond donors (Lipinski definition) is 0. The van der Waals surface area contributed by atoms with E-state index in [0.29, 0.717) is 34.7 Å². The first-order valence-electron chi connectivity index (χ1n) is 10.9. The molecule has 2 heterocycles. The van der Waals surface area contributed by atoms with Gasteiger partial charge in [-0.05, 0) is 50.1 Å². The lowest BCUT2D eigenvalue weighted by molar-refractivity contribution is -0.144. The number of rotatable bonds is 9. The average molecular weight is 469 g/mol. The van der Waals surface area contributed by atoms with Crippen molar-refractivity contribution in [3.05, 3.63) is 70.8 Å². The Labute approximate surface area is 199 Å². The van der Waals surface area contributed by atoms with Crippen molar-refractivity contribution in [1.82, 2.24) is 14.8 Å². The number of ether oxygens (including phenoxy) is 2. The molecule has 0 fully saturated rings. The number of carbonyl (C=O) groups is 1. The molecule has 0 N–H and O–H groups in total. The van der Waals surface area contributed by atoms with Crippen LogP contribution in [0.1, 0.15) is 56.4 Å². The Morgan fingerprint density at radius 2 is 2.09 bits per heavy atom. The number of benzene rings is 1. The lowest BCUT2D eigenvalue weighted by atomic mass is 9.99. The molecule has 0 spiro atoms. The lowest BCUT2D eigenvalue weighted by Gasteiger charge is -2.14. The molecule has 0 amide bonds. The minimum absolute atomic E-state index is 0.0469. The molecule has 1 aromatic carbocycles. The van der Waals surface area contributed by atoms with Crippen molar-refractivity contribution < 1.29 is 14.3 Å². The number of halogens is 1. The van der Waals surface area contributed by atoms with E-state index in [1.165, 1.54) is 0 Å². The van der Waals surface area contributed by atoms with E-state index in [1.54, 1.807) is 26.2 Å². The highest BCUT2D eigenvalue weighted by atomic mass is 35.5. The molecule has 1 unspecified atom stereocenters. The molecule has 1 aliphatic heterocycles. The number of aryl methyl sites for hydroxylation is 1. The molecule has 7 nitrogen and oxygen atoms in total. The Balaban J connectivity index is 2.19. The van der Waals surface area contributed by atoms with E-state index in [-0.39, 0.29) is 12.4 Å². The van der Waals surface area contributed by atoms with Crippen molar-refractivity contribution in [2.75, 3.05) is 13.7 Å². The van der Waals surface area contributed by atoms with Crippen LogP contribution in [0, 0.1) is 6.92 Å². The van der Waals surface area contributed by atoms with Gasteiger partial charge in [0.15, 0.2) is 5.82 Å². The molecule has 1 atom stereocenters. The summed E-state index contributed by atoms with van der Waals surface area (Å²) in [4.78, 5) is 17.6. The number of hydrogen-bond acceptors (Lipinski definition) is 6. The second kappa shape index (κ2) is 11.1. The van der Waals surface area contributed by atoms with Crippen LogP contribution in [0.25, 0.3) is 5.69 Å². The van der Waals surface area contributed by atoms with Crippen LogP contribution < -0.4 is 4.74 Å². The summed E-state index contributed by atoms with van der Waals surface area (Å²) in [5.74, 6) is 1.62. The van der Waals surface area contributed by atoms with E-state index < -0.39 is 6.04 Å². The van der Waals surface area contributed by atoms with Crippen LogP contribution in [0.3, 0.4) is 0 Å². The van der Waals surface area contributed by atoms with Crippen LogP contribution in [-0.2, 0) is 9.53 Å². The number of allylic oxidation sites excluding steroid dienone is 5. The van der Waals surface area contributed by atoms with Gasteiger partial charge in [-0.2, -0.15) is 0 Å². The number of unbranched alkanes of at least 4 members (excludes halogenated alkanes) is 1. The minimum atomic E-state index is -0.585. The predicted octanol–water partition coefficient (Wildman–Crippen LogP) is 5.42. The Morgan fingerprint density at radius 1 is 1.30 bits per heavy atom. The Kier molecular flexibility index (Phi) is 8.22. The number of esters is 1. The molecular formula is C25H29ClN4O3. The average Bonchev–Trinajstić information content (AvgIpc) is 3.12. The van der Waals surface area contributed by atoms with Gasteiger partial charge >= 0.3 is 5.97 Å². The van der Waals surface area contributed by atoms with Crippen molar-refractivity contribution >= 4 is 23.3 Å². The topological polar surface area (TPSA) is 78.6 Å². The van der Waals surface area contributed by atoms with Gasteiger partial charge in [-0.15, -0.1) is 10.2 Å². The van der Waals surface area contributed by atoms with Crippen LogP contribution in [0.4, 0.5) is 0 Å². The maximum atomic E-state index is 12.6. The van der Waals surface area contributed by atoms with E-state index in [1.807, 2.05) is 42.7 Å². The Bertz CT molecular complexity index is 1130. The van der Waals surface area contributed by atoms with Crippen LogP contribution in [0.5, 0.6) is 5.75 Å². The van der Waals surface area contributed by atoms with E-state index >= 15 is 0 Å². The zero-order valence-electron chi connectivity index (χ0n) is 19.5. The summed E-state index contributed by atoms with van der Waals surface area (Å²) in [6.07, 6.45) is 7.17. The second-order valence-electron chi connectivity index (χ2n) is 7.68. The first-order chi connectivity index (χ1) is 15.9. The van der Waals surface area contributed by atoms with Crippen molar-refractivity contribution in [3.63, 3.8) is 0 Å². The Morgan fingerprint density at radius 3 is 2.76 bits per heavy atom. The molecule has 0 saturated heterocycles. The first-order valence-corrected chi connectivity index (χ1v) is 11.3. The number of aliphatic imine (C=N–C) groups is 1. The van der Waals surface area contributed by atoms with Gasteiger partial charge in [0.25, 0.3) is 0 Å². The highest BCUT2D eigenvalue weighted by molar-refractivity contribution is 6.29. The van der Waals surface area contributed by atoms with Crippen LogP contribution in [0.15, 0.2) is 58.6 Å². The molecular weight excluding hydrogens is 440 g/mol. The summed E-state index contributed by atoms with van der Waals surface area (Å²) >= 11 is 6.07. The standard InChI is InChI=1S/C25H29ClN4O3/c1-6-8-13-33-23(31)15-21-25-29-28-17(4)30(25)22-12-11-19(32-5)14-20(22)24(27-21)18(7-2)10-9-16(3)26/h7,9-12,14,21H,2,6,8,13,15H2,1,3-5H3. The SMILES string of the molecule is C=CC(=CC=C(C)Cl)C1=NC(CC(=O)OCCCC)c2nnc(C)n2-c2ccc(OC)cc21. The monoisotopic (exact) mass is 468 g/mol. The van der Waals surface area contributed by atoms with Gasteiger partial charge in [-0.25, -0.2) is 0 Å². The molecule has 0 saturated carbocycles. The van der Waals surface area contributed by atoms with E-state index in [9.17, 15) is 4.79 Å². The number of nitrogens with zero attached hydrogens (tertiary/aromatic N) is 4. The molecule has 33 heavy (non-hydrogen) atoms. The normalized spacial score (nSPS) is 15.8. The maximum Gasteiger partial charge on any atom is 0.308 e. The van der Waals surface area contributed by atoms with Crippen LogP contribution in [0.2, 0.25) is 0 Å². The predicted molar refractivity (Wildman–Crippen MR) is 130 cm³/mol. The molecule has 1 aliphatic rings. The van der Waals surface area contributed by atoms with Gasteiger partial charge in [0.05, 0.1) is 31.5 Å². The summed E-state index contributed by atoms with van der Waals surface area (Å²) < 4.78 is 12.8. The van der Waals surface area contributed by atoms with Crippen LogP contribution >= 0.6 is 11.6 Å². The second-order valence-corrected chi connectivity index (χ2v) is 8.27.